The summed E-state index contributed by atoms with van der Waals surface area (Å²) in [4.78, 5) is 26.6. The Balaban J connectivity index is 0. The maximum Gasteiger partial charge on any atom is 0.261 e. The molecule has 1 aromatic heterocycles. The molecule has 0 aliphatic carbocycles. The molecule has 1 aromatic carbocycles. The molecule has 0 fully saturated rings. The predicted octanol–water partition coefficient (Wildman–Crippen LogP) is 0.620. The largest absolute Gasteiger partial charge is 0.519 e. The SMILES string of the molecule is O.O.[CH-]=C[C@@H]([CH2-])NC(=O)c1ccc(-c2ccc(C)cc2)[nH]c1=O.[Sc]. The van der Waals surface area contributed by atoms with Crippen LogP contribution in [-0.4, -0.2) is 27.9 Å². The maximum atomic E-state index is 12.0. The number of carbonyl (C=O) groups excluding carboxylic acids is 1. The Morgan fingerprint density at radius 2 is 1.79 bits per heavy atom. The number of nitrogens with one attached hydrogen (secondary N) is 2. The van der Waals surface area contributed by atoms with Gasteiger partial charge in [0.2, 0.25) is 0 Å². The first-order valence-corrected chi connectivity index (χ1v) is 6.50. The van der Waals surface area contributed by atoms with Crippen molar-refractivity contribution in [3.63, 3.8) is 0 Å². The molecule has 1 radical (unpaired) electrons. The summed E-state index contributed by atoms with van der Waals surface area (Å²) < 4.78 is 0. The molecule has 0 saturated carbocycles. The number of H-pyrrole nitrogens is 1. The zero-order chi connectivity index (χ0) is 15.4. The fraction of sp³-hybridized carbons (Fsp3) is 0.118. The summed E-state index contributed by atoms with van der Waals surface area (Å²) in [6.45, 7) is 10.9. The normalized spacial score (nSPS) is 10.2. The van der Waals surface area contributed by atoms with Crippen molar-refractivity contribution in [2.24, 2.45) is 0 Å². The van der Waals surface area contributed by atoms with Gasteiger partial charge in [-0.15, -0.1) is 6.04 Å². The fourth-order valence-corrected chi connectivity index (χ4v) is 1.85. The van der Waals surface area contributed by atoms with E-state index < -0.39 is 17.5 Å². The van der Waals surface area contributed by atoms with Gasteiger partial charge in [0.1, 0.15) is 5.56 Å². The molecule has 0 bridgehead atoms. The smallest absolute Gasteiger partial charge is 0.261 e. The van der Waals surface area contributed by atoms with E-state index in [0.717, 1.165) is 11.1 Å². The van der Waals surface area contributed by atoms with Crippen molar-refractivity contribution in [1.82, 2.24) is 10.3 Å². The van der Waals surface area contributed by atoms with Gasteiger partial charge in [-0.2, -0.15) is 0 Å². The molecule has 0 spiro atoms. The molecule has 1 heterocycles. The maximum absolute atomic E-state index is 12.0. The number of rotatable bonds is 4. The first-order chi connectivity index (χ1) is 10.0. The van der Waals surface area contributed by atoms with E-state index in [1.54, 1.807) is 6.07 Å². The van der Waals surface area contributed by atoms with Crippen LogP contribution in [0.5, 0.6) is 0 Å². The summed E-state index contributed by atoms with van der Waals surface area (Å²) in [5, 5.41) is 2.50. The molecule has 0 aliphatic heterocycles. The van der Waals surface area contributed by atoms with E-state index in [-0.39, 0.29) is 42.4 Å². The third-order valence-corrected chi connectivity index (χ3v) is 3.07. The monoisotopic (exact) mass is 361 g/mol. The van der Waals surface area contributed by atoms with Crippen molar-refractivity contribution >= 4 is 5.91 Å². The van der Waals surface area contributed by atoms with Crippen LogP contribution in [-0.2, 0) is 25.8 Å². The van der Waals surface area contributed by atoms with Crippen LogP contribution in [0.2, 0.25) is 0 Å². The van der Waals surface area contributed by atoms with Gasteiger partial charge in [0.15, 0.2) is 0 Å². The molecule has 127 valence electrons. The number of benzene rings is 1. The number of aryl methyl sites for hydroxylation is 1. The Kier molecular flexibility index (Phi) is 11.0. The molecular formula is C17H20N2O4Sc-2. The Morgan fingerprint density at radius 3 is 2.29 bits per heavy atom. The number of carbonyl (C=O) groups is 1. The summed E-state index contributed by atoms with van der Waals surface area (Å²) >= 11 is 0. The molecule has 0 saturated heterocycles. The van der Waals surface area contributed by atoms with Gasteiger partial charge in [-0.1, -0.05) is 29.8 Å². The predicted molar refractivity (Wildman–Crippen MR) is 89.9 cm³/mol. The molecule has 6 nitrogen and oxygen atoms in total. The van der Waals surface area contributed by atoms with Crippen molar-refractivity contribution in [2.45, 2.75) is 13.0 Å². The molecule has 1 atom stereocenters. The van der Waals surface area contributed by atoms with Gasteiger partial charge in [-0.05, 0) is 24.6 Å². The van der Waals surface area contributed by atoms with Crippen molar-refractivity contribution in [2.75, 3.05) is 0 Å². The van der Waals surface area contributed by atoms with Crippen LogP contribution in [0.25, 0.3) is 11.3 Å². The third-order valence-electron chi connectivity index (χ3n) is 3.07. The quantitative estimate of drug-likeness (QED) is 0.775. The Hall–Kier alpha value is -1.83. The molecule has 0 unspecified atom stereocenters. The molecule has 2 rings (SSSR count). The summed E-state index contributed by atoms with van der Waals surface area (Å²) in [6.07, 6.45) is 1.24. The number of aromatic nitrogens is 1. The number of amides is 1. The minimum atomic E-state index is -0.548. The van der Waals surface area contributed by atoms with Crippen LogP contribution in [0, 0.1) is 20.4 Å². The van der Waals surface area contributed by atoms with E-state index in [9.17, 15) is 9.59 Å². The molecule has 6 N–H and O–H groups in total. The number of aromatic amines is 1. The van der Waals surface area contributed by atoms with Crippen molar-refractivity contribution < 1.29 is 41.6 Å². The van der Waals surface area contributed by atoms with E-state index >= 15 is 0 Å². The summed E-state index contributed by atoms with van der Waals surface area (Å²) in [5.41, 5.74) is 2.26. The van der Waals surface area contributed by atoms with Gasteiger partial charge >= 0.3 is 0 Å². The van der Waals surface area contributed by atoms with Gasteiger partial charge in [0.05, 0.1) is 0 Å². The molecule has 2 aromatic rings. The van der Waals surface area contributed by atoms with Crippen LogP contribution in [0.4, 0.5) is 0 Å². The van der Waals surface area contributed by atoms with Gasteiger partial charge in [-0.25, -0.2) is 0 Å². The number of hydrogen-bond acceptors (Lipinski definition) is 2. The second kappa shape index (κ2) is 10.9. The zero-order valence-electron chi connectivity index (χ0n) is 13.3. The second-order valence-corrected chi connectivity index (χ2v) is 4.75. The van der Waals surface area contributed by atoms with Crippen LogP contribution in [0.3, 0.4) is 0 Å². The number of pyridine rings is 1. The van der Waals surface area contributed by atoms with Crippen LogP contribution >= 0.6 is 0 Å². The van der Waals surface area contributed by atoms with E-state index in [0.29, 0.717) is 5.69 Å². The van der Waals surface area contributed by atoms with Crippen molar-refractivity contribution in [3.05, 3.63) is 77.5 Å². The second-order valence-electron chi connectivity index (χ2n) is 4.75. The zero-order valence-corrected chi connectivity index (χ0v) is 15.1. The van der Waals surface area contributed by atoms with E-state index in [1.165, 1.54) is 12.1 Å². The van der Waals surface area contributed by atoms with Crippen LogP contribution in [0.15, 0.2) is 47.3 Å². The van der Waals surface area contributed by atoms with E-state index in [2.05, 4.69) is 17.2 Å². The summed E-state index contributed by atoms with van der Waals surface area (Å²) in [6, 6.07) is 10.4. The minimum absolute atomic E-state index is 0. The third kappa shape index (κ3) is 5.99. The van der Waals surface area contributed by atoms with E-state index in [4.69, 9.17) is 6.58 Å². The first kappa shape index (κ1) is 24.4. The van der Waals surface area contributed by atoms with Crippen LogP contribution in [0.1, 0.15) is 15.9 Å². The molecule has 7 heteroatoms. The van der Waals surface area contributed by atoms with E-state index in [1.807, 2.05) is 31.2 Å². The van der Waals surface area contributed by atoms with Crippen molar-refractivity contribution in [3.8, 4) is 11.3 Å². The minimum Gasteiger partial charge on any atom is -0.519 e. The molecule has 1 amide bonds. The Bertz CT molecular complexity index is 726. The Morgan fingerprint density at radius 1 is 1.21 bits per heavy atom. The standard InChI is InChI=1S/C17H16N2O2.2H2O.Sc/c1-4-12(3)18-16(20)14-9-10-15(19-17(14)21)13-7-5-11(2)6-8-13;;;/h1,4-10,12H,3H2,2H3,(H,18,20)(H,19,21);2*1H2;/q-2;;;/t12-;;;/m1.../s1. The van der Waals surface area contributed by atoms with Gasteiger partial charge < -0.3 is 34.8 Å². The van der Waals surface area contributed by atoms with Crippen LogP contribution < -0.4 is 10.9 Å². The summed E-state index contributed by atoms with van der Waals surface area (Å²) in [5.74, 6) is -0.506. The Labute approximate surface area is 159 Å². The van der Waals surface area contributed by atoms with Gasteiger partial charge in [0.25, 0.3) is 11.5 Å². The first-order valence-electron chi connectivity index (χ1n) is 6.50. The van der Waals surface area contributed by atoms with Gasteiger partial charge in [0, 0.05) is 31.5 Å². The summed E-state index contributed by atoms with van der Waals surface area (Å²) in [7, 11) is 0. The molecule has 0 aliphatic rings. The van der Waals surface area contributed by atoms with Gasteiger partial charge in [-0.3, -0.25) is 15.7 Å². The average molecular weight is 361 g/mol. The molecule has 24 heavy (non-hydrogen) atoms. The average Bonchev–Trinajstić information content (AvgIpc) is 2.47. The topological polar surface area (TPSA) is 125 Å². The number of hydrogen-bond donors (Lipinski definition) is 2. The fourth-order valence-electron chi connectivity index (χ4n) is 1.85. The molecular weight excluding hydrogens is 341 g/mol. The van der Waals surface area contributed by atoms with Crippen molar-refractivity contribution in [1.29, 1.82) is 0 Å².